The number of thiophene rings is 1. The quantitative estimate of drug-likeness (QED) is 0.826. The van der Waals surface area contributed by atoms with Gasteiger partial charge in [0.25, 0.3) is 0 Å². The van der Waals surface area contributed by atoms with E-state index in [1.165, 1.54) is 0 Å². The molecule has 0 bridgehead atoms. The maximum absolute atomic E-state index is 8.91. The predicted octanol–water partition coefficient (Wildman–Crippen LogP) is 2.01. The molecule has 3 N–H and O–H groups in total. The smallest absolute Gasteiger partial charge is 0.0775 e. The zero-order chi connectivity index (χ0) is 12.8. The van der Waals surface area contributed by atoms with Gasteiger partial charge in [0.15, 0.2) is 0 Å². The van der Waals surface area contributed by atoms with Gasteiger partial charge in [0.2, 0.25) is 0 Å². The zero-order valence-electron chi connectivity index (χ0n) is 9.97. The fourth-order valence-corrected chi connectivity index (χ4v) is 2.49. The molecule has 1 atom stereocenters. The monoisotopic (exact) mass is 257 g/mol. The van der Waals surface area contributed by atoms with E-state index in [4.69, 9.17) is 10.8 Å². The van der Waals surface area contributed by atoms with Crippen LogP contribution in [-0.4, -0.2) is 17.8 Å². The first-order chi connectivity index (χ1) is 8.78. The van der Waals surface area contributed by atoms with E-state index in [0.29, 0.717) is 6.42 Å². The second-order valence-electron chi connectivity index (χ2n) is 4.03. The minimum Gasteiger partial charge on any atom is -0.395 e. The van der Waals surface area contributed by atoms with E-state index in [1.54, 1.807) is 11.3 Å². The SMILES string of the molecule is NC(CO)Cc1ccc(C#Cc2ccccc2)s1. The number of aliphatic hydroxyl groups is 1. The van der Waals surface area contributed by atoms with Crippen molar-refractivity contribution in [3.05, 3.63) is 57.8 Å². The minimum atomic E-state index is -0.182. The molecule has 0 aliphatic rings. The lowest BCUT2D eigenvalue weighted by molar-refractivity contribution is 0.266. The Morgan fingerprint density at radius 1 is 1.11 bits per heavy atom. The van der Waals surface area contributed by atoms with Gasteiger partial charge in [-0.05, 0) is 30.7 Å². The van der Waals surface area contributed by atoms with Gasteiger partial charge >= 0.3 is 0 Å². The van der Waals surface area contributed by atoms with E-state index in [9.17, 15) is 0 Å². The molecule has 1 unspecified atom stereocenters. The molecule has 0 aliphatic carbocycles. The van der Waals surface area contributed by atoms with Gasteiger partial charge in [-0.3, -0.25) is 0 Å². The first-order valence-electron chi connectivity index (χ1n) is 5.80. The first-order valence-corrected chi connectivity index (χ1v) is 6.62. The fourth-order valence-electron chi connectivity index (χ4n) is 1.53. The molecule has 0 spiro atoms. The highest BCUT2D eigenvalue weighted by Crippen LogP contribution is 2.16. The van der Waals surface area contributed by atoms with Crippen molar-refractivity contribution >= 4 is 11.3 Å². The van der Waals surface area contributed by atoms with E-state index in [2.05, 4.69) is 11.8 Å². The number of nitrogens with two attached hydrogens (primary N) is 1. The number of aliphatic hydroxyl groups excluding tert-OH is 1. The molecule has 18 heavy (non-hydrogen) atoms. The first kappa shape index (κ1) is 12.8. The fraction of sp³-hybridized carbons (Fsp3) is 0.200. The van der Waals surface area contributed by atoms with Crippen LogP contribution in [-0.2, 0) is 6.42 Å². The Bertz CT molecular complexity index is 551. The number of rotatable bonds is 3. The third kappa shape index (κ3) is 3.71. The van der Waals surface area contributed by atoms with Crippen molar-refractivity contribution in [2.45, 2.75) is 12.5 Å². The van der Waals surface area contributed by atoms with Crippen molar-refractivity contribution in [3.63, 3.8) is 0 Å². The maximum Gasteiger partial charge on any atom is 0.0775 e. The van der Waals surface area contributed by atoms with Crippen LogP contribution in [0, 0.1) is 11.8 Å². The Morgan fingerprint density at radius 3 is 2.61 bits per heavy atom. The summed E-state index contributed by atoms with van der Waals surface area (Å²) in [6.45, 7) is 0.0168. The summed E-state index contributed by atoms with van der Waals surface area (Å²) in [5.41, 5.74) is 6.71. The van der Waals surface area contributed by atoms with Crippen LogP contribution in [0.15, 0.2) is 42.5 Å². The molecule has 1 aromatic carbocycles. The van der Waals surface area contributed by atoms with Gasteiger partial charge in [0, 0.05) is 16.5 Å². The van der Waals surface area contributed by atoms with Crippen molar-refractivity contribution < 1.29 is 5.11 Å². The topological polar surface area (TPSA) is 46.2 Å². The summed E-state index contributed by atoms with van der Waals surface area (Å²) in [6, 6.07) is 13.7. The second kappa shape index (κ2) is 6.36. The molecule has 92 valence electrons. The third-order valence-corrected chi connectivity index (χ3v) is 3.49. The Labute approximate surface area is 111 Å². The van der Waals surface area contributed by atoms with Gasteiger partial charge < -0.3 is 10.8 Å². The number of hydrogen-bond acceptors (Lipinski definition) is 3. The van der Waals surface area contributed by atoms with Crippen LogP contribution in [0.3, 0.4) is 0 Å². The van der Waals surface area contributed by atoms with Crippen LogP contribution in [0.4, 0.5) is 0 Å². The van der Waals surface area contributed by atoms with Gasteiger partial charge in [0.1, 0.15) is 0 Å². The lowest BCUT2D eigenvalue weighted by Gasteiger charge is -2.04. The van der Waals surface area contributed by atoms with Crippen LogP contribution in [0.25, 0.3) is 0 Å². The summed E-state index contributed by atoms with van der Waals surface area (Å²) in [4.78, 5) is 2.19. The molecular formula is C15H15NOS. The molecule has 2 nitrogen and oxygen atoms in total. The maximum atomic E-state index is 8.91. The Hall–Kier alpha value is -1.60. The average molecular weight is 257 g/mol. The van der Waals surface area contributed by atoms with E-state index < -0.39 is 0 Å². The van der Waals surface area contributed by atoms with E-state index in [-0.39, 0.29) is 12.6 Å². The summed E-state index contributed by atoms with van der Waals surface area (Å²) >= 11 is 1.63. The van der Waals surface area contributed by atoms with E-state index in [1.807, 2.05) is 42.5 Å². The molecule has 1 aromatic heterocycles. The van der Waals surface area contributed by atoms with Crippen molar-refractivity contribution in [2.24, 2.45) is 5.73 Å². The van der Waals surface area contributed by atoms with Crippen molar-refractivity contribution in [3.8, 4) is 11.8 Å². The van der Waals surface area contributed by atoms with Crippen LogP contribution >= 0.6 is 11.3 Å². The highest BCUT2D eigenvalue weighted by molar-refractivity contribution is 7.12. The second-order valence-corrected chi connectivity index (χ2v) is 5.20. The third-order valence-electron chi connectivity index (χ3n) is 2.46. The van der Waals surface area contributed by atoms with Crippen LogP contribution in [0.2, 0.25) is 0 Å². The van der Waals surface area contributed by atoms with Crippen molar-refractivity contribution in [1.82, 2.24) is 0 Å². The standard InChI is InChI=1S/C15H15NOS/c16-13(11-17)10-15-9-8-14(18-15)7-6-12-4-2-1-3-5-12/h1-5,8-9,13,17H,10-11,16H2. The van der Waals surface area contributed by atoms with Gasteiger partial charge in [0.05, 0.1) is 11.5 Å². The molecule has 0 fully saturated rings. The zero-order valence-corrected chi connectivity index (χ0v) is 10.8. The van der Waals surface area contributed by atoms with Crippen LogP contribution < -0.4 is 5.73 Å². The lowest BCUT2D eigenvalue weighted by atomic mass is 10.2. The average Bonchev–Trinajstić information content (AvgIpc) is 2.85. The van der Waals surface area contributed by atoms with Crippen molar-refractivity contribution in [1.29, 1.82) is 0 Å². The molecule has 1 heterocycles. The van der Waals surface area contributed by atoms with Crippen molar-refractivity contribution in [2.75, 3.05) is 6.61 Å². The Morgan fingerprint density at radius 2 is 1.89 bits per heavy atom. The van der Waals surface area contributed by atoms with Gasteiger partial charge in [-0.1, -0.05) is 30.0 Å². The molecule has 3 heteroatoms. The normalized spacial score (nSPS) is 11.7. The molecule has 2 rings (SSSR count). The predicted molar refractivity (Wildman–Crippen MR) is 75.5 cm³/mol. The molecule has 2 aromatic rings. The van der Waals surface area contributed by atoms with Gasteiger partial charge in [-0.25, -0.2) is 0 Å². The van der Waals surface area contributed by atoms with Crippen LogP contribution in [0.1, 0.15) is 15.3 Å². The largest absolute Gasteiger partial charge is 0.395 e. The summed E-state index contributed by atoms with van der Waals surface area (Å²) in [6.07, 6.45) is 0.703. The molecule has 0 saturated carbocycles. The van der Waals surface area contributed by atoms with Gasteiger partial charge in [-0.15, -0.1) is 11.3 Å². The summed E-state index contributed by atoms with van der Waals surface area (Å²) < 4.78 is 0. The number of benzene rings is 1. The molecule has 0 saturated heterocycles. The summed E-state index contributed by atoms with van der Waals surface area (Å²) in [5, 5.41) is 8.91. The van der Waals surface area contributed by atoms with E-state index in [0.717, 1.165) is 15.3 Å². The molecule has 0 radical (unpaired) electrons. The minimum absolute atomic E-state index is 0.0168. The van der Waals surface area contributed by atoms with Crippen LogP contribution in [0.5, 0.6) is 0 Å². The molecule has 0 aliphatic heterocycles. The summed E-state index contributed by atoms with van der Waals surface area (Å²) in [5.74, 6) is 6.26. The Kier molecular flexibility index (Phi) is 4.54. The van der Waals surface area contributed by atoms with E-state index >= 15 is 0 Å². The van der Waals surface area contributed by atoms with Gasteiger partial charge in [-0.2, -0.15) is 0 Å². The molecule has 0 amide bonds. The Balaban J connectivity index is 2.05. The lowest BCUT2D eigenvalue weighted by Crippen LogP contribution is -2.26. The highest BCUT2D eigenvalue weighted by atomic mass is 32.1. The number of hydrogen-bond donors (Lipinski definition) is 2. The summed E-state index contributed by atoms with van der Waals surface area (Å²) in [7, 11) is 0. The molecular weight excluding hydrogens is 242 g/mol. The highest BCUT2D eigenvalue weighted by Gasteiger charge is 2.04.